The first-order valence-corrected chi connectivity index (χ1v) is 10.9. The molecule has 0 radical (unpaired) electrons. The van der Waals surface area contributed by atoms with Gasteiger partial charge in [-0.15, -0.1) is 0 Å². The van der Waals surface area contributed by atoms with E-state index in [-0.39, 0.29) is 24.5 Å². The van der Waals surface area contributed by atoms with E-state index in [1.165, 1.54) is 6.07 Å². The van der Waals surface area contributed by atoms with E-state index in [9.17, 15) is 17.6 Å². The molecular formula is C20H24FN3O4S. The van der Waals surface area contributed by atoms with Crippen molar-refractivity contribution in [3.63, 3.8) is 0 Å². The van der Waals surface area contributed by atoms with Gasteiger partial charge in [-0.2, -0.15) is 4.72 Å². The number of hydrogen-bond donors (Lipinski definition) is 4. The number of halogens is 1. The van der Waals surface area contributed by atoms with E-state index in [2.05, 4.69) is 15.4 Å². The summed E-state index contributed by atoms with van der Waals surface area (Å²) in [4.78, 5) is 12.3. The van der Waals surface area contributed by atoms with E-state index in [1.807, 2.05) is 6.07 Å². The van der Waals surface area contributed by atoms with Crippen LogP contribution in [0.25, 0.3) is 0 Å². The molecule has 0 saturated carbocycles. The topological polar surface area (TPSA) is 108 Å². The van der Waals surface area contributed by atoms with Crippen LogP contribution >= 0.6 is 0 Å². The summed E-state index contributed by atoms with van der Waals surface area (Å²) in [5.74, 6) is -1.14. The minimum Gasteiger partial charge on any atom is -0.395 e. The molecule has 1 heterocycles. The Hall–Kier alpha value is -2.33. The largest absolute Gasteiger partial charge is 0.395 e. The van der Waals surface area contributed by atoms with Crippen molar-refractivity contribution in [2.75, 3.05) is 19.7 Å². The fraction of sp³-hybridized carbons (Fsp3) is 0.350. The number of benzene rings is 2. The summed E-state index contributed by atoms with van der Waals surface area (Å²) < 4.78 is 42.7. The Balaban J connectivity index is 1.87. The van der Waals surface area contributed by atoms with Gasteiger partial charge in [0.15, 0.2) is 0 Å². The highest BCUT2D eigenvalue weighted by atomic mass is 32.2. The maximum absolute atomic E-state index is 14.4. The number of hydrogen-bond acceptors (Lipinski definition) is 5. The van der Waals surface area contributed by atoms with Gasteiger partial charge in [-0.1, -0.05) is 30.3 Å². The molecule has 2 aromatic carbocycles. The second kappa shape index (κ2) is 9.45. The first kappa shape index (κ1) is 21.4. The molecule has 3 rings (SSSR count). The van der Waals surface area contributed by atoms with Crippen LogP contribution in [0.1, 0.15) is 16.7 Å². The molecule has 0 fully saturated rings. The molecule has 4 N–H and O–H groups in total. The van der Waals surface area contributed by atoms with Gasteiger partial charge in [-0.05, 0) is 42.6 Å². The Morgan fingerprint density at radius 2 is 2.00 bits per heavy atom. The first-order valence-electron chi connectivity index (χ1n) is 9.37. The standard InChI is InChI=1S/C20H24FN3O4S/c21-18-12-16(11-15-6-7-22-13-17(15)18)29(27,28)24-19(20(26)23-8-9-25)10-14-4-2-1-3-5-14/h1-5,11-12,19,22,24-25H,6-10,13H2,(H,23,26)/t19-/m1/s1. The van der Waals surface area contributed by atoms with E-state index < -0.39 is 27.8 Å². The van der Waals surface area contributed by atoms with Crippen molar-refractivity contribution >= 4 is 15.9 Å². The zero-order chi connectivity index (χ0) is 20.9. The predicted octanol–water partition coefficient (Wildman–Crippen LogP) is 0.469. The monoisotopic (exact) mass is 421 g/mol. The Kier molecular flexibility index (Phi) is 6.96. The van der Waals surface area contributed by atoms with Crippen LogP contribution in [0.5, 0.6) is 0 Å². The lowest BCUT2D eigenvalue weighted by molar-refractivity contribution is -0.122. The summed E-state index contributed by atoms with van der Waals surface area (Å²) in [6.07, 6.45) is 0.648. The van der Waals surface area contributed by atoms with Crippen molar-refractivity contribution in [3.8, 4) is 0 Å². The van der Waals surface area contributed by atoms with Crippen LogP contribution in [0.4, 0.5) is 4.39 Å². The molecule has 1 atom stereocenters. The molecule has 1 aliphatic rings. The van der Waals surface area contributed by atoms with Crippen LogP contribution in [0, 0.1) is 5.82 Å². The fourth-order valence-electron chi connectivity index (χ4n) is 3.27. The molecule has 0 spiro atoms. The third-order valence-electron chi connectivity index (χ3n) is 4.75. The Bertz CT molecular complexity index is 967. The van der Waals surface area contributed by atoms with Gasteiger partial charge in [0.25, 0.3) is 0 Å². The molecule has 1 amide bonds. The highest BCUT2D eigenvalue weighted by molar-refractivity contribution is 7.89. The number of fused-ring (bicyclic) bond motifs is 1. The number of carbonyl (C=O) groups is 1. The molecule has 0 aliphatic carbocycles. The van der Waals surface area contributed by atoms with Crippen LogP contribution < -0.4 is 15.4 Å². The summed E-state index contributed by atoms with van der Waals surface area (Å²) in [6, 6.07) is 10.3. The molecule has 156 valence electrons. The third-order valence-corrected chi connectivity index (χ3v) is 6.20. The average molecular weight is 421 g/mol. The molecule has 0 bridgehead atoms. The number of aliphatic hydroxyl groups is 1. The molecule has 7 nitrogen and oxygen atoms in total. The van der Waals surface area contributed by atoms with Crippen LogP contribution in [-0.4, -0.2) is 45.2 Å². The van der Waals surface area contributed by atoms with Crippen molar-refractivity contribution < 1.29 is 22.7 Å². The van der Waals surface area contributed by atoms with Crippen molar-refractivity contribution in [2.24, 2.45) is 0 Å². The van der Waals surface area contributed by atoms with E-state index in [1.54, 1.807) is 24.3 Å². The van der Waals surface area contributed by atoms with Crippen molar-refractivity contribution in [1.82, 2.24) is 15.4 Å². The average Bonchev–Trinajstić information content (AvgIpc) is 2.72. The molecule has 29 heavy (non-hydrogen) atoms. The van der Waals surface area contributed by atoms with Gasteiger partial charge in [0.2, 0.25) is 15.9 Å². The van der Waals surface area contributed by atoms with Gasteiger partial charge in [-0.3, -0.25) is 4.79 Å². The number of nitrogens with one attached hydrogen (secondary N) is 3. The highest BCUT2D eigenvalue weighted by Crippen LogP contribution is 2.23. The van der Waals surface area contributed by atoms with Crippen molar-refractivity contribution in [3.05, 3.63) is 65.0 Å². The summed E-state index contributed by atoms with van der Waals surface area (Å²) >= 11 is 0. The Morgan fingerprint density at radius 3 is 2.72 bits per heavy atom. The minimum atomic E-state index is -4.14. The third kappa shape index (κ3) is 5.39. The molecule has 2 aromatic rings. The molecule has 0 saturated heterocycles. The van der Waals surface area contributed by atoms with Crippen LogP contribution in [0.3, 0.4) is 0 Å². The Labute approximate surface area is 169 Å². The maximum Gasteiger partial charge on any atom is 0.241 e. The first-order chi connectivity index (χ1) is 13.9. The van der Waals surface area contributed by atoms with Crippen LogP contribution in [0.2, 0.25) is 0 Å². The van der Waals surface area contributed by atoms with E-state index in [4.69, 9.17) is 5.11 Å². The molecule has 1 aliphatic heterocycles. The van der Waals surface area contributed by atoms with Gasteiger partial charge in [0, 0.05) is 18.7 Å². The lowest BCUT2D eigenvalue weighted by atomic mass is 10.0. The minimum absolute atomic E-state index is 0.00627. The maximum atomic E-state index is 14.4. The molecule has 0 unspecified atom stereocenters. The lowest BCUT2D eigenvalue weighted by Gasteiger charge is -2.21. The van der Waals surface area contributed by atoms with E-state index in [0.717, 1.165) is 11.6 Å². The number of rotatable bonds is 8. The van der Waals surface area contributed by atoms with Gasteiger partial charge >= 0.3 is 0 Å². The van der Waals surface area contributed by atoms with E-state index in [0.29, 0.717) is 30.6 Å². The number of carbonyl (C=O) groups excluding carboxylic acids is 1. The molecular weight excluding hydrogens is 397 g/mol. The van der Waals surface area contributed by atoms with Gasteiger partial charge in [0.05, 0.1) is 11.5 Å². The number of sulfonamides is 1. The lowest BCUT2D eigenvalue weighted by Crippen LogP contribution is -2.48. The van der Waals surface area contributed by atoms with Gasteiger partial charge < -0.3 is 15.7 Å². The predicted molar refractivity (Wildman–Crippen MR) is 106 cm³/mol. The molecule has 0 aromatic heterocycles. The second-order valence-corrected chi connectivity index (χ2v) is 8.56. The molecule has 9 heteroatoms. The highest BCUT2D eigenvalue weighted by Gasteiger charge is 2.27. The number of amides is 1. The summed E-state index contributed by atoms with van der Waals surface area (Å²) in [7, 11) is -4.14. The van der Waals surface area contributed by atoms with Gasteiger partial charge in [-0.25, -0.2) is 12.8 Å². The van der Waals surface area contributed by atoms with Crippen molar-refractivity contribution in [2.45, 2.75) is 30.3 Å². The second-order valence-electron chi connectivity index (χ2n) is 6.85. The quantitative estimate of drug-likeness (QED) is 0.496. The normalized spacial score (nSPS) is 14.8. The van der Waals surface area contributed by atoms with E-state index >= 15 is 0 Å². The smallest absolute Gasteiger partial charge is 0.241 e. The number of aliphatic hydroxyl groups excluding tert-OH is 1. The fourth-order valence-corrected chi connectivity index (χ4v) is 4.53. The summed E-state index contributed by atoms with van der Waals surface area (Å²) in [5.41, 5.74) is 1.88. The summed E-state index contributed by atoms with van der Waals surface area (Å²) in [6.45, 7) is 0.742. The summed E-state index contributed by atoms with van der Waals surface area (Å²) in [5, 5.41) is 14.5. The SMILES string of the molecule is O=C(NCCO)[C@@H](Cc1ccccc1)NS(=O)(=O)c1cc(F)c2c(c1)CCNC2. The van der Waals surface area contributed by atoms with Crippen molar-refractivity contribution in [1.29, 1.82) is 0 Å². The van der Waals surface area contributed by atoms with Gasteiger partial charge in [0.1, 0.15) is 11.9 Å². The van der Waals surface area contributed by atoms with Crippen LogP contribution in [-0.2, 0) is 34.2 Å². The zero-order valence-electron chi connectivity index (χ0n) is 15.8. The zero-order valence-corrected chi connectivity index (χ0v) is 16.6. The Morgan fingerprint density at radius 1 is 1.24 bits per heavy atom. The van der Waals surface area contributed by atoms with Crippen LogP contribution in [0.15, 0.2) is 47.4 Å².